The van der Waals surface area contributed by atoms with E-state index in [0.29, 0.717) is 6.42 Å². The minimum Gasteiger partial charge on any atom is -0.207 e. The molecule has 0 unspecified atom stereocenters. The van der Waals surface area contributed by atoms with Crippen LogP contribution >= 0.6 is 0 Å². The van der Waals surface area contributed by atoms with Crippen LogP contribution in [0.4, 0.5) is 8.78 Å². The van der Waals surface area contributed by atoms with Gasteiger partial charge in [-0.25, -0.2) is 8.78 Å². The van der Waals surface area contributed by atoms with Gasteiger partial charge in [0, 0.05) is 6.42 Å². The molecule has 2 heteroatoms. The predicted octanol–water partition coefficient (Wildman–Crippen LogP) is 7.12. The second-order valence-electron chi connectivity index (χ2n) is 6.89. The van der Waals surface area contributed by atoms with Gasteiger partial charge < -0.3 is 0 Å². The summed E-state index contributed by atoms with van der Waals surface area (Å²) < 4.78 is 25.8. The van der Waals surface area contributed by atoms with Gasteiger partial charge in [-0.3, -0.25) is 0 Å². The highest BCUT2D eigenvalue weighted by Crippen LogP contribution is 2.28. The first-order chi connectivity index (χ1) is 10.9. The second kappa shape index (κ2) is 10.1. The number of rotatable bonds is 6. The Kier molecular flexibility index (Phi) is 8.79. The van der Waals surface area contributed by atoms with Gasteiger partial charge in [-0.1, -0.05) is 64.2 Å². The van der Waals surface area contributed by atoms with Crippen molar-refractivity contribution in [2.75, 3.05) is 0 Å². The van der Waals surface area contributed by atoms with Gasteiger partial charge in [0.1, 0.15) is 0 Å². The highest BCUT2D eigenvalue weighted by Gasteiger charge is 2.20. The first kappa shape index (κ1) is 20.1. The molecule has 0 aromatic heterocycles. The maximum absolute atomic E-state index is 12.9. The molecule has 1 aliphatic rings. The highest BCUT2D eigenvalue weighted by atomic mass is 19.3. The fourth-order valence-electron chi connectivity index (χ4n) is 3.41. The third-order valence-electron chi connectivity index (χ3n) is 4.73. The molecule has 1 aromatic carbocycles. The summed E-state index contributed by atoms with van der Waals surface area (Å²) in [6.07, 6.45) is 9.32. The number of benzene rings is 1. The zero-order valence-corrected chi connectivity index (χ0v) is 15.4. The molecular weight excluding hydrogens is 290 g/mol. The van der Waals surface area contributed by atoms with Gasteiger partial charge in [-0.15, -0.1) is 0 Å². The lowest BCUT2D eigenvalue weighted by molar-refractivity contribution is 0.0111. The maximum atomic E-state index is 12.9. The Bertz CT molecular complexity index is 440. The van der Waals surface area contributed by atoms with Gasteiger partial charge in [-0.05, 0) is 55.7 Å². The number of aryl methyl sites for hydroxylation is 2. The molecule has 0 heterocycles. The van der Waals surface area contributed by atoms with Crippen LogP contribution in [0.5, 0.6) is 0 Å². The first-order valence-corrected chi connectivity index (χ1v) is 9.40. The summed E-state index contributed by atoms with van der Waals surface area (Å²) in [6, 6.07) is 6.53. The first-order valence-electron chi connectivity index (χ1n) is 9.40. The minimum atomic E-state index is -2.53. The molecule has 0 bridgehead atoms. The zero-order chi connectivity index (χ0) is 17.3. The van der Waals surface area contributed by atoms with Crippen LogP contribution in [0.3, 0.4) is 0 Å². The molecule has 0 amide bonds. The summed E-state index contributed by atoms with van der Waals surface area (Å²) >= 11 is 0. The van der Waals surface area contributed by atoms with E-state index in [1.807, 2.05) is 13.8 Å². The lowest BCUT2D eigenvalue weighted by Crippen LogP contribution is -2.11. The standard InChI is InChI=1S/C19H28F2.C2H6/c1-15-10-11-17(9-6-12-19(2,20)21)14-18(15)13-16-7-4-3-5-8-16;1-2/h10-11,14,16H,3-9,12-13H2,1-2H3;1-2H3. The lowest BCUT2D eigenvalue weighted by Gasteiger charge is -2.22. The fraction of sp³-hybridized carbons (Fsp3) is 0.714. The van der Waals surface area contributed by atoms with E-state index < -0.39 is 5.92 Å². The summed E-state index contributed by atoms with van der Waals surface area (Å²) in [5.41, 5.74) is 4.00. The quantitative estimate of drug-likeness (QED) is 0.522. The van der Waals surface area contributed by atoms with Gasteiger partial charge in [0.05, 0.1) is 0 Å². The smallest absolute Gasteiger partial charge is 0.207 e. The topological polar surface area (TPSA) is 0 Å². The van der Waals surface area contributed by atoms with Gasteiger partial charge in [0.15, 0.2) is 0 Å². The lowest BCUT2D eigenvalue weighted by atomic mass is 9.83. The van der Waals surface area contributed by atoms with Crippen molar-refractivity contribution in [3.63, 3.8) is 0 Å². The Morgan fingerprint density at radius 2 is 1.74 bits per heavy atom. The summed E-state index contributed by atoms with van der Waals surface area (Å²) in [5, 5.41) is 0. The molecule has 132 valence electrons. The van der Waals surface area contributed by atoms with Crippen LogP contribution in [0, 0.1) is 12.8 Å². The molecule has 1 fully saturated rings. The second-order valence-corrected chi connectivity index (χ2v) is 6.89. The van der Waals surface area contributed by atoms with E-state index in [9.17, 15) is 8.78 Å². The SMILES string of the molecule is CC.Cc1ccc(CCCC(C)(F)F)cc1CC1CCCCC1. The summed E-state index contributed by atoms with van der Waals surface area (Å²) in [6.45, 7) is 7.18. The largest absolute Gasteiger partial charge is 0.245 e. The predicted molar refractivity (Wildman–Crippen MR) is 96.4 cm³/mol. The van der Waals surface area contributed by atoms with Crippen molar-refractivity contribution < 1.29 is 8.78 Å². The summed E-state index contributed by atoms with van der Waals surface area (Å²) in [7, 11) is 0. The fourth-order valence-corrected chi connectivity index (χ4v) is 3.41. The normalized spacial score (nSPS) is 15.9. The van der Waals surface area contributed by atoms with E-state index in [4.69, 9.17) is 0 Å². The number of alkyl halides is 2. The van der Waals surface area contributed by atoms with Crippen LogP contribution in [0.15, 0.2) is 18.2 Å². The monoisotopic (exact) mass is 324 g/mol. The van der Waals surface area contributed by atoms with Gasteiger partial charge >= 0.3 is 0 Å². The van der Waals surface area contributed by atoms with E-state index in [1.165, 1.54) is 55.2 Å². The molecule has 23 heavy (non-hydrogen) atoms. The summed E-state index contributed by atoms with van der Waals surface area (Å²) in [5.74, 6) is -1.71. The molecule has 0 radical (unpaired) electrons. The molecule has 0 aliphatic heterocycles. The highest BCUT2D eigenvalue weighted by molar-refractivity contribution is 5.31. The van der Waals surface area contributed by atoms with Crippen molar-refractivity contribution in [3.05, 3.63) is 34.9 Å². The van der Waals surface area contributed by atoms with Crippen molar-refractivity contribution in [1.29, 1.82) is 0 Å². The number of halogens is 2. The van der Waals surface area contributed by atoms with Crippen molar-refractivity contribution >= 4 is 0 Å². The third-order valence-corrected chi connectivity index (χ3v) is 4.73. The molecule has 0 spiro atoms. The van der Waals surface area contributed by atoms with Crippen LogP contribution in [0.2, 0.25) is 0 Å². The van der Waals surface area contributed by atoms with Crippen LogP contribution in [-0.2, 0) is 12.8 Å². The maximum Gasteiger partial charge on any atom is 0.245 e. The Hall–Kier alpha value is -0.920. The number of hydrogen-bond donors (Lipinski definition) is 0. The molecule has 0 saturated heterocycles. The Balaban J connectivity index is 0.00000127. The van der Waals surface area contributed by atoms with Crippen LogP contribution in [-0.4, -0.2) is 5.92 Å². The molecule has 0 atom stereocenters. The molecule has 0 N–H and O–H groups in total. The van der Waals surface area contributed by atoms with Gasteiger partial charge in [0.25, 0.3) is 0 Å². The zero-order valence-electron chi connectivity index (χ0n) is 15.4. The molecule has 1 saturated carbocycles. The van der Waals surface area contributed by atoms with Crippen LogP contribution < -0.4 is 0 Å². The van der Waals surface area contributed by atoms with Gasteiger partial charge in [-0.2, -0.15) is 0 Å². The summed E-state index contributed by atoms with van der Waals surface area (Å²) in [4.78, 5) is 0. The van der Waals surface area contributed by atoms with E-state index in [2.05, 4.69) is 25.1 Å². The van der Waals surface area contributed by atoms with E-state index in [0.717, 1.165) is 19.3 Å². The minimum absolute atomic E-state index is 0.0150. The van der Waals surface area contributed by atoms with E-state index >= 15 is 0 Å². The van der Waals surface area contributed by atoms with Crippen molar-refractivity contribution in [2.24, 2.45) is 5.92 Å². The molecule has 2 rings (SSSR count). The van der Waals surface area contributed by atoms with E-state index in [-0.39, 0.29) is 6.42 Å². The number of hydrogen-bond acceptors (Lipinski definition) is 0. The Morgan fingerprint density at radius 3 is 2.35 bits per heavy atom. The van der Waals surface area contributed by atoms with Gasteiger partial charge in [0.2, 0.25) is 5.92 Å². The third kappa shape index (κ3) is 7.94. The van der Waals surface area contributed by atoms with Crippen LogP contribution in [0.25, 0.3) is 0 Å². The van der Waals surface area contributed by atoms with E-state index in [1.54, 1.807) is 0 Å². The Labute approximate surface area is 141 Å². The average molecular weight is 324 g/mol. The Morgan fingerprint density at radius 1 is 1.09 bits per heavy atom. The molecule has 1 aliphatic carbocycles. The van der Waals surface area contributed by atoms with Crippen molar-refractivity contribution in [3.8, 4) is 0 Å². The molecular formula is C21H34F2. The molecule has 0 nitrogen and oxygen atoms in total. The van der Waals surface area contributed by atoms with Crippen molar-refractivity contribution in [2.45, 2.75) is 91.4 Å². The van der Waals surface area contributed by atoms with Crippen LogP contribution in [0.1, 0.15) is 82.4 Å². The average Bonchev–Trinajstić information content (AvgIpc) is 2.52. The van der Waals surface area contributed by atoms with Crippen molar-refractivity contribution in [1.82, 2.24) is 0 Å². The molecule has 1 aromatic rings.